The molecule has 0 unspecified atom stereocenters. The van der Waals surface area contributed by atoms with Crippen LogP contribution in [-0.2, 0) is 17.8 Å². The number of aryl methyl sites for hydroxylation is 4. The Balaban J connectivity index is 0.000000517. The van der Waals surface area contributed by atoms with Gasteiger partial charge in [-0.2, -0.15) is 18.2 Å². The number of alkyl halides is 3. The van der Waals surface area contributed by atoms with Crippen LogP contribution in [0.4, 0.5) is 30.6 Å². The molecular formula is C32H40F3N5O2. The number of benzene rings is 2. The Kier molecular flexibility index (Phi) is 10.1. The van der Waals surface area contributed by atoms with E-state index < -0.39 is 12.1 Å². The summed E-state index contributed by atoms with van der Waals surface area (Å²) in [5, 5.41) is 10.7. The Hall–Kier alpha value is -3.66. The molecular weight excluding hydrogens is 543 g/mol. The maximum absolute atomic E-state index is 10.6. The molecule has 2 aliphatic heterocycles. The van der Waals surface area contributed by atoms with Crippen LogP contribution >= 0.6 is 0 Å². The van der Waals surface area contributed by atoms with Gasteiger partial charge >= 0.3 is 12.1 Å². The normalized spacial score (nSPS) is 15.6. The molecule has 3 aromatic rings. The molecule has 1 aromatic heterocycles. The molecule has 0 bridgehead atoms. The molecule has 42 heavy (non-hydrogen) atoms. The molecule has 3 heterocycles. The van der Waals surface area contributed by atoms with Crippen LogP contribution in [0.1, 0.15) is 52.8 Å². The van der Waals surface area contributed by atoms with Crippen molar-refractivity contribution in [2.24, 2.45) is 5.92 Å². The number of fused-ring (bicyclic) bond motifs is 1. The number of rotatable bonds is 7. The number of anilines is 3. The lowest BCUT2D eigenvalue weighted by atomic mass is 9.93. The Bertz CT molecular complexity index is 1350. The predicted molar refractivity (Wildman–Crippen MR) is 159 cm³/mol. The van der Waals surface area contributed by atoms with Crippen molar-refractivity contribution in [2.45, 2.75) is 66.1 Å². The molecule has 2 aromatic carbocycles. The number of aromatic nitrogens is 2. The first-order valence-corrected chi connectivity index (χ1v) is 14.4. The van der Waals surface area contributed by atoms with E-state index in [9.17, 15) is 13.2 Å². The first-order valence-electron chi connectivity index (χ1n) is 14.4. The number of halogens is 3. The summed E-state index contributed by atoms with van der Waals surface area (Å²) in [7, 11) is 0. The number of carbonyl (C=O) groups is 1. The van der Waals surface area contributed by atoms with Gasteiger partial charge in [0, 0.05) is 36.6 Å². The highest BCUT2D eigenvalue weighted by atomic mass is 19.4. The summed E-state index contributed by atoms with van der Waals surface area (Å²) in [6.45, 7) is 14.2. The van der Waals surface area contributed by atoms with E-state index in [-0.39, 0.29) is 0 Å². The van der Waals surface area contributed by atoms with Crippen molar-refractivity contribution in [3.63, 3.8) is 0 Å². The van der Waals surface area contributed by atoms with Crippen molar-refractivity contribution in [1.82, 2.24) is 14.9 Å². The molecule has 0 atom stereocenters. The second kappa shape index (κ2) is 13.5. The first-order chi connectivity index (χ1) is 19.9. The summed E-state index contributed by atoms with van der Waals surface area (Å²) in [5.41, 5.74) is 8.74. The van der Waals surface area contributed by atoms with Crippen LogP contribution in [0.25, 0.3) is 0 Å². The lowest BCUT2D eigenvalue weighted by Crippen LogP contribution is -2.34. The quantitative estimate of drug-likeness (QED) is 0.318. The zero-order valence-electron chi connectivity index (χ0n) is 24.8. The predicted octanol–water partition coefficient (Wildman–Crippen LogP) is 6.75. The monoisotopic (exact) mass is 583 g/mol. The molecule has 2 aliphatic rings. The van der Waals surface area contributed by atoms with Crippen LogP contribution in [0.2, 0.25) is 0 Å². The molecule has 0 amide bonds. The molecule has 0 spiro atoms. The third-order valence-corrected chi connectivity index (χ3v) is 8.04. The van der Waals surface area contributed by atoms with E-state index in [1.807, 2.05) is 0 Å². The van der Waals surface area contributed by atoms with Crippen molar-refractivity contribution < 1.29 is 23.1 Å². The SMILES string of the molecule is Cc1cc(C)c(Nc2nc(C)c3c(n2)N(CCC2CCN(Cc4ccccc4)CC2)CC3)c(C)c1.O=C(O)C(F)(F)F. The van der Waals surface area contributed by atoms with Crippen LogP contribution in [0.5, 0.6) is 0 Å². The minimum atomic E-state index is -5.08. The standard InChI is InChI=1S/C30H39N5.C2HF3O2/c1-21-18-22(2)28(23(3)19-21)32-30-31-24(4)27-13-17-35(29(27)33-30)16-12-25-10-14-34(15-11-25)20-26-8-6-5-7-9-26;3-2(4,5)1(6)7/h5-9,18-19,25H,10-17,20H2,1-4H3,(H,31,32,33);(H,6,7). The van der Waals surface area contributed by atoms with Crippen LogP contribution in [0.15, 0.2) is 42.5 Å². The van der Waals surface area contributed by atoms with Gasteiger partial charge in [-0.1, -0.05) is 48.0 Å². The van der Waals surface area contributed by atoms with Crippen molar-refractivity contribution in [3.05, 3.63) is 76.0 Å². The molecule has 226 valence electrons. The summed E-state index contributed by atoms with van der Waals surface area (Å²) >= 11 is 0. The van der Waals surface area contributed by atoms with Gasteiger partial charge < -0.3 is 15.3 Å². The van der Waals surface area contributed by atoms with E-state index in [0.717, 1.165) is 55.1 Å². The topological polar surface area (TPSA) is 81.6 Å². The highest BCUT2D eigenvalue weighted by Gasteiger charge is 2.38. The number of aliphatic carboxylic acids is 1. The van der Waals surface area contributed by atoms with Gasteiger partial charge in [0.2, 0.25) is 5.95 Å². The fourth-order valence-corrected chi connectivity index (χ4v) is 5.86. The maximum Gasteiger partial charge on any atom is 0.490 e. The number of hydrogen-bond acceptors (Lipinski definition) is 6. The molecule has 10 heteroatoms. The fourth-order valence-electron chi connectivity index (χ4n) is 5.86. The van der Waals surface area contributed by atoms with E-state index in [2.05, 4.69) is 85.3 Å². The van der Waals surface area contributed by atoms with Gasteiger partial charge in [0.25, 0.3) is 0 Å². The van der Waals surface area contributed by atoms with Crippen LogP contribution in [-0.4, -0.2) is 58.3 Å². The summed E-state index contributed by atoms with van der Waals surface area (Å²) in [5.74, 6) is -0.0849. The summed E-state index contributed by atoms with van der Waals surface area (Å²) in [4.78, 5) is 23.8. The highest BCUT2D eigenvalue weighted by molar-refractivity contribution is 5.73. The molecule has 2 N–H and O–H groups in total. The number of hydrogen-bond donors (Lipinski definition) is 2. The van der Waals surface area contributed by atoms with E-state index in [1.54, 1.807) is 0 Å². The van der Waals surface area contributed by atoms with Gasteiger partial charge in [-0.15, -0.1) is 0 Å². The minimum absolute atomic E-state index is 0.720. The summed E-state index contributed by atoms with van der Waals surface area (Å²) in [6.07, 6.45) is -0.176. The van der Waals surface area contributed by atoms with Gasteiger partial charge in [-0.25, -0.2) is 9.78 Å². The average Bonchev–Trinajstić information content (AvgIpc) is 3.34. The Morgan fingerprint density at radius 3 is 2.21 bits per heavy atom. The third-order valence-electron chi connectivity index (χ3n) is 8.04. The molecule has 0 saturated carbocycles. The van der Waals surface area contributed by atoms with Crippen molar-refractivity contribution in [1.29, 1.82) is 0 Å². The zero-order valence-corrected chi connectivity index (χ0v) is 24.8. The van der Waals surface area contributed by atoms with Gasteiger partial charge in [0.05, 0.1) is 0 Å². The molecule has 7 nitrogen and oxygen atoms in total. The Labute approximate surface area is 245 Å². The number of nitrogens with zero attached hydrogens (tertiary/aromatic N) is 4. The minimum Gasteiger partial charge on any atom is -0.475 e. The second-order valence-electron chi connectivity index (χ2n) is 11.4. The van der Waals surface area contributed by atoms with Crippen molar-refractivity contribution >= 4 is 23.4 Å². The molecule has 1 saturated heterocycles. The Morgan fingerprint density at radius 1 is 1.00 bits per heavy atom. The van der Waals surface area contributed by atoms with E-state index >= 15 is 0 Å². The highest BCUT2D eigenvalue weighted by Crippen LogP contribution is 2.32. The fraction of sp³-hybridized carbons (Fsp3) is 0.469. The van der Waals surface area contributed by atoms with Crippen LogP contribution in [0, 0.1) is 33.6 Å². The molecule has 0 radical (unpaired) electrons. The van der Waals surface area contributed by atoms with Gasteiger partial charge in [-0.05, 0) is 89.1 Å². The molecule has 0 aliphatic carbocycles. The number of carboxylic acid groups (broad SMARTS) is 1. The maximum atomic E-state index is 10.6. The smallest absolute Gasteiger partial charge is 0.475 e. The lowest BCUT2D eigenvalue weighted by Gasteiger charge is -2.33. The number of likely N-dealkylation sites (tertiary alicyclic amines) is 1. The number of piperidine rings is 1. The zero-order chi connectivity index (χ0) is 30.4. The molecule has 1 fully saturated rings. The largest absolute Gasteiger partial charge is 0.490 e. The summed E-state index contributed by atoms with van der Waals surface area (Å²) < 4.78 is 31.7. The second-order valence-corrected chi connectivity index (χ2v) is 11.4. The van der Waals surface area contributed by atoms with Crippen LogP contribution < -0.4 is 10.2 Å². The summed E-state index contributed by atoms with van der Waals surface area (Å²) in [6, 6.07) is 15.3. The van der Waals surface area contributed by atoms with E-state index in [4.69, 9.17) is 19.9 Å². The van der Waals surface area contributed by atoms with Gasteiger partial charge in [0.15, 0.2) is 0 Å². The molecule has 5 rings (SSSR count). The van der Waals surface area contributed by atoms with Crippen molar-refractivity contribution in [2.75, 3.05) is 36.4 Å². The average molecular weight is 584 g/mol. The van der Waals surface area contributed by atoms with Gasteiger partial charge in [0.1, 0.15) is 5.82 Å². The van der Waals surface area contributed by atoms with Crippen molar-refractivity contribution in [3.8, 4) is 0 Å². The Morgan fingerprint density at radius 2 is 1.62 bits per heavy atom. The van der Waals surface area contributed by atoms with E-state index in [0.29, 0.717) is 0 Å². The van der Waals surface area contributed by atoms with Gasteiger partial charge in [-0.3, -0.25) is 4.90 Å². The first kappa shape index (κ1) is 31.3. The van der Waals surface area contributed by atoms with E-state index in [1.165, 1.54) is 60.2 Å². The number of carboxylic acids is 1. The van der Waals surface area contributed by atoms with Crippen LogP contribution in [0.3, 0.4) is 0 Å². The number of nitrogens with one attached hydrogen (secondary N) is 1. The third kappa shape index (κ3) is 8.21. The lowest BCUT2D eigenvalue weighted by molar-refractivity contribution is -0.192.